The summed E-state index contributed by atoms with van der Waals surface area (Å²) in [5.74, 6) is 0.886. The van der Waals surface area contributed by atoms with Crippen molar-refractivity contribution in [2.24, 2.45) is 13.0 Å². The summed E-state index contributed by atoms with van der Waals surface area (Å²) < 4.78 is 1.74. The van der Waals surface area contributed by atoms with E-state index in [1.165, 1.54) is 6.42 Å². The summed E-state index contributed by atoms with van der Waals surface area (Å²) in [7, 11) is 1.87. The number of pyridine rings is 1. The summed E-state index contributed by atoms with van der Waals surface area (Å²) in [5.41, 5.74) is 2.89. The van der Waals surface area contributed by atoms with Crippen molar-refractivity contribution < 1.29 is 4.79 Å². The Labute approximate surface area is 124 Å². The van der Waals surface area contributed by atoms with E-state index in [-0.39, 0.29) is 11.8 Å². The molecule has 0 bridgehead atoms. The number of hydrogen-bond acceptors (Lipinski definition) is 3. The number of hydrogen-bond donors (Lipinski definition) is 1. The lowest BCUT2D eigenvalue weighted by Crippen LogP contribution is -2.25. The Hall–Kier alpha value is -1.91. The van der Waals surface area contributed by atoms with Gasteiger partial charge in [0.2, 0.25) is 5.91 Å². The number of aromatic nitrogens is 3. The quantitative estimate of drug-likeness (QED) is 0.922. The number of fused-ring (bicyclic) bond motifs is 1. The fourth-order valence-electron chi connectivity index (χ4n) is 3.26. The van der Waals surface area contributed by atoms with Crippen LogP contribution in [0.4, 0.5) is 5.82 Å². The molecule has 5 nitrogen and oxygen atoms in total. The number of aryl methyl sites for hydroxylation is 3. The first-order chi connectivity index (χ1) is 10.1. The van der Waals surface area contributed by atoms with Gasteiger partial charge in [-0.1, -0.05) is 19.3 Å². The van der Waals surface area contributed by atoms with Crippen LogP contribution >= 0.6 is 0 Å². The molecule has 1 aliphatic carbocycles. The van der Waals surface area contributed by atoms with E-state index in [4.69, 9.17) is 0 Å². The molecular formula is C16H22N4O. The summed E-state index contributed by atoms with van der Waals surface area (Å²) in [5, 5.41) is 8.42. The van der Waals surface area contributed by atoms with Crippen LogP contribution in [0.1, 0.15) is 43.4 Å². The molecule has 1 saturated carbocycles. The van der Waals surface area contributed by atoms with Gasteiger partial charge in [0.15, 0.2) is 11.5 Å². The Morgan fingerprint density at radius 3 is 2.71 bits per heavy atom. The Morgan fingerprint density at radius 2 is 2.00 bits per heavy atom. The fraction of sp³-hybridized carbons (Fsp3) is 0.562. The number of nitrogens with zero attached hydrogens (tertiary/aromatic N) is 3. The molecule has 1 amide bonds. The molecule has 1 N–H and O–H groups in total. The van der Waals surface area contributed by atoms with Crippen molar-refractivity contribution in [3.63, 3.8) is 0 Å². The van der Waals surface area contributed by atoms with Crippen LogP contribution in [0, 0.1) is 19.8 Å². The lowest BCUT2D eigenvalue weighted by atomic mass is 9.88. The van der Waals surface area contributed by atoms with Gasteiger partial charge in [0.1, 0.15) is 0 Å². The molecule has 0 atom stereocenters. The van der Waals surface area contributed by atoms with Gasteiger partial charge in [0.05, 0.1) is 5.39 Å². The highest BCUT2D eigenvalue weighted by atomic mass is 16.2. The third-order valence-corrected chi connectivity index (χ3v) is 4.34. The second kappa shape index (κ2) is 5.47. The minimum atomic E-state index is 0.106. The first-order valence-electron chi connectivity index (χ1n) is 7.68. The maximum absolute atomic E-state index is 12.4. The molecular weight excluding hydrogens is 264 g/mol. The molecule has 0 saturated heterocycles. The molecule has 2 aromatic rings. The molecule has 5 heteroatoms. The van der Waals surface area contributed by atoms with Crippen molar-refractivity contribution in [1.29, 1.82) is 0 Å². The van der Waals surface area contributed by atoms with Crippen LogP contribution in [-0.2, 0) is 11.8 Å². The van der Waals surface area contributed by atoms with Crippen LogP contribution in [0.15, 0.2) is 6.07 Å². The van der Waals surface area contributed by atoms with E-state index in [1.807, 2.05) is 27.0 Å². The highest BCUT2D eigenvalue weighted by Gasteiger charge is 2.23. The molecule has 21 heavy (non-hydrogen) atoms. The predicted molar refractivity (Wildman–Crippen MR) is 83.2 cm³/mol. The van der Waals surface area contributed by atoms with Crippen molar-refractivity contribution >= 4 is 22.8 Å². The summed E-state index contributed by atoms with van der Waals surface area (Å²) in [4.78, 5) is 16.9. The summed E-state index contributed by atoms with van der Waals surface area (Å²) >= 11 is 0. The van der Waals surface area contributed by atoms with Gasteiger partial charge in [0.25, 0.3) is 0 Å². The molecule has 1 fully saturated rings. The predicted octanol–water partition coefficient (Wildman–Crippen LogP) is 3.10. The topological polar surface area (TPSA) is 59.8 Å². The number of amides is 1. The van der Waals surface area contributed by atoms with Gasteiger partial charge >= 0.3 is 0 Å². The molecule has 2 heterocycles. The highest BCUT2D eigenvalue weighted by Crippen LogP contribution is 2.28. The smallest absolute Gasteiger partial charge is 0.228 e. The molecule has 112 valence electrons. The average molecular weight is 286 g/mol. The Morgan fingerprint density at radius 1 is 1.29 bits per heavy atom. The maximum Gasteiger partial charge on any atom is 0.228 e. The van der Waals surface area contributed by atoms with Gasteiger partial charge < -0.3 is 5.32 Å². The lowest BCUT2D eigenvalue weighted by molar-refractivity contribution is -0.120. The first-order valence-corrected chi connectivity index (χ1v) is 7.68. The molecule has 0 aliphatic heterocycles. The van der Waals surface area contributed by atoms with E-state index < -0.39 is 0 Å². The zero-order valence-corrected chi connectivity index (χ0v) is 12.9. The molecule has 1 aliphatic rings. The highest BCUT2D eigenvalue weighted by molar-refractivity contribution is 6.01. The second-order valence-electron chi connectivity index (χ2n) is 6.08. The summed E-state index contributed by atoms with van der Waals surface area (Å²) in [6.45, 7) is 4.01. The lowest BCUT2D eigenvalue weighted by Gasteiger charge is -2.20. The van der Waals surface area contributed by atoms with Gasteiger partial charge in [0, 0.05) is 18.7 Å². The van der Waals surface area contributed by atoms with Gasteiger partial charge in [-0.05, 0) is 38.3 Å². The number of carbonyl (C=O) groups excluding carboxylic acids is 1. The van der Waals surface area contributed by atoms with Crippen LogP contribution in [0.3, 0.4) is 0 Å². The monoisotopic (exact) mass is 286 g/mol. The van der Waals surface area contributed by atoms with E-state index >= 15 is 0 Å². The largest absolute Gasteiger partial charge is 0.308 e. The van der Waals surface area contributed by atoms with E-state index in [0.29, 0.717) is 5.82 Å². The van der Waals surface area contributed by atoms with Crippen molar-refractivity contribution in [2.75, 3.05) is 5.32 Å². The van der Waals surface area contributed by atoms with Crippen molar-refractivity contribution in [2.45, 2.75) is 46.0 Å². The van der Waals surface area contributed by atoms with Gasteiger partial charge in [-0.2, -0.15) is 5.10 Å². The van der Waals surface area contributed by atoms with Crippen LogP contribution < -0.4 is 5.32 Å². The van der Waals surface area contributed by atoms with Gasteiger partial charge in [-0.25, -0.2) is 9.67 Å². The van der Waals surface area contributed by atoms with Crippen molar-refractivity contribution in [3.05, 3.63) is 17.3 Å². The second-order valence-corrected chi connectivity index (χ2v) is 6.08. The minimum Gasteiger partial charge on any atom is -0.308 e. The van der Waals surface area contributed by atoms with Crippen LogP contribution in [0.5, 0.6) is 0 Å². The Balaban J connectivity index is 1.92. The Bertz CT molecular complexity index is 683. The standard InChI is InChI=1S/C16H22N4O/c1-10-9-11(2)17-15-13(10)14(19-20(15)3)18-16(21)12-7-5-4-6-8-12/h9,12H,4-8H2,1-3H3,(H,18,19,21). The third kappa shape index (κ3) is 2.64. The van der Waals surface area contributed by atoms with Crippen LogP contribution in [0.25, 0.3) is 11.0 Å². The van der Waals surface area contributed by atoms with Crippen LogP contribution in [0.2, 0.25) is 0 Å². The molecule has 2 aromatic heterocycles. The SMILES string of the molecule is Cc1cc(C)c2c(NC(=O)C3CCCCC3)nn(C)c2n1. The maximum atomic E-state index is 12.4. The molecule has 3 rings (SSSR count). The third-order valence-electron chi connectivity index (χ3n) is 4.34. The van der Waals surface area contributed by atoms with E-state index in [2.05, 4.69) is 15.4 Å². The normalized spacial score (nSPS) is 16.3. The zero-order valence-electron chi connectivity index (χ0n) is 12.9. The molecule has 0 spiro atoms. The van der Waals surface area contributed by atoms with Crippen LogP contribution in [-0.4, -0.2) is 20.7 Å². The molecule has 0 radical (unpaired) electrons. The Kier molecular flexibility index (Phi) is 3.66. The number of nitrogens with one attached hydrogen (secondary N) is 1. The fourth-order valence-corrected chi connectivity index (χ4v) is 3.26. The number of anilines is 1. The average Bonchev–Trinajstić information content (AvgIpc) is 2.76. The summed E-state index contributed by atoms with van der Waals surface area (Å²) in [6, 6.07) is 2.03. The van der Waals surface area contributed by atoms with Crippen molar-refractivity contribution in [3.8, 4) is 0 Å². The van der Waals surface area contributed by atoms with Crippen molar-refractivity contribution in [1.82, 2.24) is 14.8 Å². The molecule has 0 aromatic carbocycles. The van der Waals surface area contributed by atoms with E-state index in [1.54, 1.807) is 4.68 Å². The molecule has 0 unspecified atom stereocenters. The van der Waals surface area contributed by atoms with Gasteiger partial charge in [-0.15, -0.1) is 0 Å². The van der Waals surface area contributed by atoms with Gasteiger partial charge in [-0.3, -0.25) is 4.79 Å². The number of carbonyl (C=O) groups is 1. The van der Waals surface area contributed by atoms with E-state index in [0.717, 1.165) is 48.0 Å². The van der Waals surface area contributed by atoms with E-state index in [9.17, 15) is 4.79 Å². The summed E-state index contributed by atoms with van der Waals surface area (Å²) in [6.07, 6.45) is 5.54. The number of rotatable bonds is 2. The zero-order chi connectivity index (χ0) is 15.0. The minimum absolute atomic E-state index is 0.106. The first kappa shape index (κ1) is 14.0.